The highest BCUT2D eigenvalue weighted by atomic mass is 19.4. The van der Waals surface area contributed by atoms with E-state index in [0.29, 0.717) is 11.3 Å². The molecule has 2 rings (SSSR count). The number of ether oxygens (including phenoxy) is 1. The van der Waals surface area contributed by atoms with Crippen molar-refractivity contribution in [2.75, 3.05) is 0 Å². The van der Waals surface area contributed by atoms with Crippen LogP contribution >= 0.6 is 0 Å². The summed E-state index contributed by atoms with van der Waals surface area (Å²) < 4.78 is 43.4. The van der Waals surface area contributed by atoms with E-state index < -0.39 is 11.7 Å². The van der Waals surface area contributed by atoms with Crippen LogP contribution in [0.15, 0.2) is 48.5 Å². The summed E-state index contributed by atoms with van der Waals surface area (Å²) in [6, 6.07) is 13.0. The number of benzene rings is 2. The molecule has 26 heavy (non-hydrogen) atoms. The minimum atomic E-state index is -4.31. The minimum absolute atomic E-state index is 0.0597. The fraction of sp³-hybridized carbons (Fsp3) is 0.455. The highest BCUT2D eigenvalue weighted by Gasteiger charge is 2.30. The van der Waals surface area contributed by atoms with Crippen LogP contribution in [0.4, 0.5) is 13.2 Å². The van der Waals surface area contributed by atoms with Crippen LogP contribution in [0.25, 0.3) is 0 Å². The Morgan fingerprint density at radius 3 is 1.69 bits per heavy atom. The normalized spacial score (nSPS) is 12.9. The highest BCUT2D eigenvalue weighted by molar-refractivity contribution is 5.32. The summed E-state index contributed by atoms with van der Waals surface area (Å²) in [5.74, 6) is 0.709. The molecular weight excluding hydrogens is 337 g/mol. The van der Waals surface area contributed by atoms with Crippen LogP contribution in [0.2, 0.25) is 0 Å². The molecule has 2 aromatic rings. The smallest absolute Gasteiger partial charge is 0.416 e. The van der Waals surface area contributed by atoms with E-state index in [0.717, 1.165) is 18.6 Å². The van der Waals surface area contributed by atoms with Gasteiger partial charge in [0, 0.05) is 0 Å². The molecular formula is C22H27F3O. The predicted octanol–water partition coefficient (Wildman–Crippen LogP) is 7.00. The molecule has 0 aliphatic rings. The minimum Gasteiger partial charge on any atom is -0.489 e. The van der Waals surface area contributed by atoms with Crippen LogP contribution in [0, 0.1) is 5.41 Å². The van der Waals surface area contributed by atoms with Crippen LogP contribution in [-0.2, 0) is 18.2 Å². The predicted molar refractivity (Wildman–Crippen MR) is 99.3 cm³/mol. The topological polar surface area (TPSA) is 9.23 Å². The number of halogens is 3. The van der Waals surface area contributed by atoms with E-state index in [1.165, 1.54) is 17.7 Å². The first kappa shape index (κ1) is 20.3. The summed E-state index contributed by atoms with van der Waals surface area (Å²) in [4.78, 5) is 0. The molecule has 0 saturated carbocycles. The Bertz CT molecular complexity index is 705. The van der Waals surface area contributed by atoms with Crippen molar-refractivity contribution in [1.29, 1.82) is 0 Å². The molecule has 0 radical (unpaired) electrons. The highest BCUT2D eigenvalue weighted by Crippen LogP contribution is 2.36. The Labute approximate surface area is 154 Å². The summed E-state index contributed by atoms with van der Waals surface area (Å²) in [7, 11) is 0. The molecule has 0 fully saturated rings. The van der Waals surface area contributed by atoms with Gasteiger partial charge in [0.25, 0.3) is 0 Å². The van der Waals surface area contributed by atoms with Crippen molar-refractivity contribution in [3.05, 3.63) is 65.2 Å². The third kappa shape index (κ3) is 5.79. The number of alkyl halides is 3. The lowest BCUT2D eigenvalue weighted by Gasteiger charge is -2.33. The van der Waals surface area contributed by atoms with Crippen molar-refractivity contribution in [2.45, 2.75) is 59.2 Å². The molecule has 0 atom stereocenters. The van der Waals surface area contributed by atoms with E-state index in [1.54, 1.807) is 0 Å². The van der Waals surface area contributed by atoms with Crippen molar-refractivity contribution >= 4 is 0 Å². The lowest BCUT2D eigenvalue weighted by atomic mass is 9.72. The van der Waals surface area contributed by atoms with Crippen LogP contribution in [0.3, 0.4) is 0 Å². The third-order valence-corrected chi connectivity index (χ3v) is 4.29. The molecule has 1 nitrogen and oxygen atoms in total. The Morgan fingerprint density at radius 1 is 0.731 bits per heavy atom. The van der Waals surface area contributed by atoms with E-state index in [1.807, 2.05) is 12.1 Å². The maximum atomic E-state index is 12.6. The van der Waals surface area contributed by atoms with Crippen LogP contribution < -0.4 is 4.74 Å². The van der Waals surface area contributed by atoms with Crippen molar-refractivity contribution < 1.29 is 17.9 Å². The molecule has 0 aromatic heterocycles. The first-order chi connectivity index (χ1) is 11.9. The summed E-state index contributed by atoms with van der Waals surface area (Å²) >= 11 is 0. The number of hydrogen-bond acceptors (Lipinski definition) is 1. The van der Waals surface area contributed by atoms with Gasteiger partial charge in [-0.3, -0.25) is 0 Å². The van der Waals surface area contributed by atoms with Gasteiger partial charge in [-0.05, 0) is 52.6 Å². The zero-order valence-corrected chi connectivity index (χ0v) is 16.1. The van der Waals surface area contributed by atoms with Gasteiger partial charge in [-0.25, -0.2) is 0 Å². The van der Waals surface area contributed by atoms with Gasteiger partial charge in [0.05, 0.1) is 5.56 Å². The van der Waals surface area contributed by atoms with Crippen LogP contribution in [0.5, 0.6) is 5.75 Å². The molecule has 0 amide bonds. The van der Waals surface area contributed by atoms with Crippen molar-refractivity contribution in [3.8, 4) is 5.75 Å². The molecule has 0 spiro atoms. The first-order valence-corrected chi connectivity index (χ1v) is 8.76. The van der Waals surface area contributed by atoms with Gasteiger partial charge in [-0.2, -0.15) is 13.2 Å². The standard InChI is InChI=1S/C22H27F3O/c1-20(2,3)15-21(4,5)17-10-12-19(13-11-17)26-14-16-6-8-18(9-7-16)22(23,24)25/h6-13H,14-15H2,1-5H3. The van der Waals surface area contributed by atoms with Crippen molar-refractivity contribution in [2.24, 2.45) is 5.41 Å². The SMILES string of the molecule is CC(C)(C)CC(C)(C)c1ccc(OCc2ccc(C(F)(F)F)cc2)cc1. The molecule has 4 heteroatoms. The van der Waals surface area contributed by atoms with E-state index in [9.17, 15) is 13.2 Å². The lowest BCUT2D eigenvalue weighted by molar-refractivity contribution is -0.137. The Kier molecular flexibility index (Phi) is 5.74. The Morgan fingerprint density at radius 2 is 1.23 bits per heavy atom. The molecule has 0 bridgehead atoms. The van der Waals surface area contributed by atoms with Gasteiger partial charge < -0.3 is 4.74 Å². The van der Waals surface area contributed by atoms with E-state index in [4.69, 9.17) is 4.74 Å². The molecule has 0 unspecified atom stereocenters. The number of hydrogen-bond donors (Lipinski definition) is 0. The average Bonchev–Trinajstić information content (AvgIpc) is 2.50. The molecule has 0 heterocycles. The van der Waals surface area contributed by atoms with Gasteiger partial charge in [0.2, 0.25) is 0 Å². The molecule has 0 N–H and O–H groups in total. The maximum absolute atomic E-state index is 12.6. The summed E-state index contributed by atoms with van der Waals surface area (Å²) in [5, 5.41) is 0. The second kappa shape index (κ2) is 7.34. The molecule has 0 aliphatic carbocycles. The van der Waals surface area contributed by atoms with E-state index in [-0.39, 0.29) is 17.4 Å². The quantitative estimate of drug-likeness (QED) is 0.555. The lowest BCUT2D eigenvalue weighted by Crippen LogP contribution is -2.24. The Balaban J connectivity index is 1.99. The van der Waals surface area contributed by atoms with Gasteiger partial charge >= 0.3 is 6.18 Å². The fourth-order valence-electron chi connectivity index (χ4n) is 3.39. The monoisotopic (exact) mass is 364 g/mol. The maximum Gasteiger partial charge on any atom is 0.416 e. The molecule has 2 aromatic carbocycles. The molecule has 142 valence electrons. The van der Waals surface area contributed by atoms with E-state index in [2.05, 4.69) is 46.8 Å². The van der Waals surface area contributed by atoms with Crippen LogP contribution in [0.1, 0.15) is 57.7 Å². The van der Waals surface area contributed by atoms with Crippen LogP contribution in [-0.4, -0.2) is 0 Å². The average molecular weight is 364 g/mol. The summed E-state index contributed by atoms with van der Waals surface area (Å²) in [5.41, 5.74) is 1.60. The molecule has 0 aliphatic heterocycles. The van der Waals surface area contributed by atoms with Crippen molar-refractivity contribution in [1.82, 2.24) is 0 Å². The zero-order chi connectivity index (χ0) is 19.6. The van der Waals surface area contributed by atoms with Gasteiger partial charge in [0.15, 0.2) is 0 Å². The van der Waals surface area contributed by atoms with Crippen molar-refractivity contribution in [3.63, 3.8) is 0 Å². The summed E-state index contributed by atoms with van der Waals surface area (Å²) in [6.45, 7) is 11.4. The first-order valence-electron chi connectivity index (χ1n) is 8.76. The fourth-order valence-corrected chi connectivity index (χ4v) is 3.39. The third-order valence-electron chi connectivity index (χ3n) is 4.29. The van der Waals surface area contributed by atoms with Gasteiger partial charge in [0.1, 0.15) is 12.4 Å². The Hall–Kier alpha value is -1.97. The number of rotatable bonds is 5. The summed E-state index contributed by atoms with van der Waals surface area (Å²) in [6.07, 6.45) is -3.25. The van der Waals surface area contributed by atoms with Gasteiger partial charge in [-0.15, -0.1) is 0 Å². The largest absolute Gasteiger partial charge is 0.489 e. The zero-order valence-electron chi connectivity index (χ0n) is 16.1. The second-order valence-electron chi connectivity index (χ2n) is 8.63. The van der Waals surface area contributed by atoms with E-state index >= 15 is 0 Å². The second-order valence-corrected chi connectivity index (χ2v) is 8.63. The van der Waals surface area contributed by atoms with Gasteiger partial charge in [-0.1, -0.05) is 58.9 Å². The molecule has 0 saturated heterocycles.